The Balaban J connectivity index is 2.17. The fourth-order valence-electron chi connectivity index (χ4n) is 2.77. The number of nitrogens with two attached hydrogens (primary N) is 2. The number of nitrogens with one attached hydrogen (secondary N) is 1. The molecule has 2 unspecified atom stereocenters. The molecule has 0 heterocycles. The van der Waals surface area contributed by atoms with Gasteiger partial charge in [0.2, 0.25) is 10.0 Å². The quantitative estimate of drug-likeness (QED) is 0.589. The summed E-state index contributed by atoms with van der Waals surface area (Å²) in [6.07, 6.45) is 5.80. The van der Waals surface area contributed by atoms with E-state index in [0.29, 0.717) is 11.7 Å². The van der Waals surface area contributed by atoms with Crippen molar-refractivity contribution in [1.29, 1.82) is 0 Å². The number of benzene rings is 1. The van der Waals surface area contributed by atoms with Gasteiger partial charge >= 0.3 is 0 Å². The summed E-state index contributed by atoms with van der Waals surface area (Å²) in [5, 5.41) is 8.54. The van der Waals surface area contributed by atoms with Crippen LogP contribution in [0.1, 0.15) is 39.0 Å². The SMILES string of the molecule is CC1CCCC(Nc2cccc(S(N)(=O)=O)c2N)CC1. The van der Waals surface area contributed by atoms with Crippen LogP contribution < -0.4 is 16.2 Å². The van der Waals surface area contributed by atoms with Crippen molar-refractivity contribution in [2.24, 2.45) is 11.1 Å². The molecule has 0 aliphatic heterocycles. The fourth-order valence-corrected chi connectivity index (χ4v) is 3.45. The molecule has 1 aromatic rings. The molecular formula is C14H23N3O2S. The van der Waals surface area contributed by atoms with Gasteiger partial charge in [0.25, 0.3) is 0 Å². The first kappa shape index (κ1) is 15.1. The average Bonchev–Trinajstić information content (AvgIpc) is 2.56. The Kier molecular flexibility index (Phi) is 4.55. The molecule has 0 amide bonds. The minimum Gasteiger partial charge on any atom is -0.396 e. The molecule has 0 saturated heterocycles. The summed E-state index contributed by atoms with van der Waals surface area (Å²) in [5.41, 5.74) is 6.81. The van der Waals surface area contributed by atoms with E-state index in [2.05, 4.69) is 12.2 Å². The highest BCUT2D eigenvalue weighted by Gasteiger charge is 2.19. The van der Waals surface area contributed by atoms with Gasteiger partial charge in [-0.15, -0.1) is 0 Å². The lowest BCUT2D eigenvalue weighted by atomic mass is 10.0. The van der Waals surface area contributed by atoms with Crippen molar-refractivity contribution >= 4 is 21.4 Å². The summed E-state index contributed by atoms with van der Waals surface area (Å²) in [7, 11) is -3.78. The van der Waals surface area contributed by atoms with Crippen LogP contribution >= 0.6 is 0 Å². The molecule has 2 rings (SSSR count). The molecule has 1 fully saturated rings. The summed E-state index contributed by atoms with van der Waals surface area (Å²) in [5.74, 6) is 0.759. The zero-order chi connectivity index (χ0) is 14.8. The zero-order valence-corrected chi connectivity index (χ0v) is 12.6. The minimum atomic E-state index is -3.78. The highest BCUT2D eigenvalue weighted by Crippen LogP contribution is 2.30. The van der Waals surface area contributed by atoms with Crippen LogP contribution in [0.5, 0.6) is 0 Å². The molecule has 0 bridgehead atoms. The van der Waals surface area contributed by atoms with E-state index in [1.165, 1.54) is 25.3 Å². The third-order valence-corrected chi connectivity index (χ3v) is 4.96. The third-order valence-electron chi connectivity index (χ3n) is 3.99. The molecule has 0 spiro atoms. The van der Waals surface area contributed by atoms with Crippen LogP contribution in [0.15, 0.2) is 23.1 Å². The van der Waals surface area contributed by atoms with E-state index in [9.17, 15) is 8.42 Å². The second-order valence-corrected chi connectivity index (χ2v) is 7.25. The molecule has 6 heteroatoms. The minimum absolute atomic E-state index is 0.00973. The molecule has 112 valence electrons. The molecular weight excluding hydrogens is 274 g/mol. The van der Waals surface area contributed by atoms with Crippen LogP contribution in [0.2, 0.25) is 0 Å². The van der Waals surface area contributed by atoms with Crippen LogP contribution in [-0.2, 0) is 10.0 Å². The number of primary sulfonamides is 1. The Morgan fingerprint density at radius 2 is 1.95 bits per heavy atom. The third kappa shape index (κ3) is 3.64. The van der Waals surface area contributed by atoms with Crippen LogP contribution in [0.3, 0.4) is 0 Å². The van der Waals surface area contributed by atoms with E-state index in [1.54, 1.807) is 12.1 Å². The van der Waals surface area contributed by atoms with Crippen molar-refractivity contribution < 1.29 is 8.42 Å². The lowest BCUT2D eigenvalue weighted by molar-refractivity contribution is 0.502. The van der Waals surface area contributed by atoms with Crippen LogP contribution in [0.4, 0.5) is 11.4 Å². The first-order chi connectivity index (χ1) is 9.38. The predicted octanol–water partition coefficient (Wildman–Crippen LogP) is 2.30. The Hall–Kier alpha value is -1.27. The van der Waals surface area contributed by atoms with Gasteiger partial charge in [-0.2, -0.15) is 0 Å². The maximum Gasteiger partial charge on any atom is 0.240 e. The molecule has 0 aromatic heterocycles. The summed E-state index contributed by atoms with van der Waals surface area (Å²) in [6, 6.07) is 5.25. The first-order valence-corrected chi connectivity index (χ1v) is 8.60. The number of rotatable bonds is 3. The van der Waals surface area contributed by atoms with Gasteiger partial charge in [-0.3, -0.25) is 0 Å². The molecule has 0 radical (unpaired) electrons. The lowest BCUT2D eigenvalue weighted by Crippen LogP contribution is -2.21. The normalized spacial score (nSPS) is 24.1. The van der Waals surface area contributed by atoms with Crippen molar-refractivity contribution in [1.82, 2.24) is 0 Å². The summed E-state index contributed by atoms with van der Waals surface area (Å²) >= 11 is 0. The monoisotopic (exact) mass is 297 g/mol. The topological polar surface area (TPSA) is 98.2 Å². The van der Waals surface area contributed by atoms with E-state index < -0.39 is 10.0 Å². The van der Waals surface area contributed by atoms with E-state index in [4.69, 9.17) is 10.9 Å². The van der Waals surface area contributed by atoms with Gasteiger partial charge in [-0.1, -0.05) is 25.8 Å². The Morgan fingerprint density at radius 3 is 2.65 bits per heavy atom. The van der Waals surface area contributed by atoms with Crippen molar-refractivity contribution in [2.75, 3.05) is 11.1 Å². The number of hydrogen-bond donors (Lipinski definition) is 3. The van der Waals surface area contributed by atoms with Crippen molar-refractivity contribution in [3.05, 3.63) is 18.2 Å². The smallest absolute Gasteiger partial charge is 0.240 e. The van der Waals surface area contributed by atoms with E-state index in [-0.39, 0.29) is 10.6 Å². The van der Waals surface area contributed by atoms with Crippen molar-refractivity contribution in [3.8, 4) is 0 Å². The largest absolute Gasteiger partial charge is 0.396 e. The number of nitrogen functional groups attached to an aromatic ring is 1. The molecule has 5 N–H and O–H groups in total. The van der Waals surface area contributed by atoms with Gasteiger partial charge in [0, 0.05) is 6.04 Å². The summed E-state index contributed by atoms with van der Waals surface area (Å²) in [4.78, 5) is -0.00973. The summed E-state index contributed by atoms with van der Waals surface area (Å²) in [6.45, 7) is 2.28. The van der Waals surface area contributed by atoms with Crippen molar-refractivity contribution in [2.45, 2.75) is 50.0 Å². The second kappa shape index (κ2) is 6.01. The fraction of sp³-hybridized carbons (Fsp3) is 0.571. The molecule has 2 atom stereocenters. The van der Waals surface area contributed by atoms with E-state index in [0.717, 1.165) is 18.8 Å². The van der Waals surface area contributed by atoms with Gasteiger partial charge in [-0.25, -0.2) is 13.6 Å². The molecule has 5 nitrogen and oxygen atoms in total. The van der Waals surface area contributed by atoms with Crippen molar-refractivity contribution in [3.63, 3.8) is 0 Å². The average molecular weight is 297 g/mol. The summed E-state index contributed by atoms with van der Waals surface area (Å²) < 4.78 is 22.9. The number of para-hydroxylation sites is 1. The van der Waals surface area contributed by atoms with E-state index >= 15 is 0 Å². The van der Waals surface area contributed by atoms with Gasteiger partial charge in [0.15, 0.2) is 0 Å². The second-order valence-electron chi connectivity index (χ2n) is 5.72. The highest BCUT2D eigenvalue weighted by atomic mass is 32.2. The standard InChI is InChI=1S/C14H23N3O2S/c1-10-4-2-5-11(9-8-10)17-12-6-3-7-13(14(12)15)20(16,18)19/h3,6-7,10-11,17H,2,4-5,8-9,15H2,1H3,(H2,16,18,19). The lowest BCUT2D eigenvalue weighted by Gasteiger charge is -2.20. The van der Waals surface area contributed by atoms with Gasteiger partial charge in [0.05, 0.1) is 11.4 Å². The molecule has 1 aliphatic rings. The number of anilines is 2. The maximum absolute atomic E-state index is 11.5. The first-order valence-electron chi connectivity index (χ1n) is 7.05. The van der Waals surface area contributed by atoms with Crippen LogP contribution in [0.25, 0.3) is 0 Å². The van der Waals surface area contributed by atoms with Gasteiger partial charge in [-0.05, 0) is 37.3 Å². The molecule has 20 heavy (non-hydrogen) atoms. The maximum atomic E-state index is 11.5. The highest BCUT2D eigenvalue weighted by molar-refractivity contribution is 7.89. The van der Waals surface area contributed by atoms with Crippen LogP contribution in [-0.4, -0.2) is 14.5 Å². The number of hydrogen-bond acceptors (Lipinski definition) is 4. The van der Waals surface area contributed by atoms with Crippen LogP contribution in [0, 0.1) is 5.92 Å². The van der Waals surface area contributed by atoms with E-state index in [1.807, 2.05) is 0 Å². The predicted molar refractivity (Wildman–Crippen MR) is 81.9 cm³/mol. The Bertz CT molecular complexity index is 572. The zero-order valence-electron chi connectivity index (χ0n) is 11.8. The molecule has 1 aromatic carbocycles. The van der Waals surface area contributed by atoms with Gasteiger partial charge < -0.3 is 11.1 Å². The Morgan fingerprint density at radius 1 is 1.20 bits per heavy atom. The van der Waals surface area contributed by atoms with Gasteiger partial charge in [0.1, 0.15) is 4.90 Å². The Labute approximate surface area is 120 Å². The number of sulfonamides is 1. The molecule has 1 aliphatic carbocycles. The molecule has 1 saturated carbocycles.